The van der Waals surface area contributed by atoms with Crippen LogP contribution in [-0.4, -0.2) is 23.0 Å². The summed E-state index contributed by atoms with van der Waals surface area (Å²) < 4.78 is 0. The average molecular weight is 245 g/mol. The topological polar surface area (TPSA) is 94.1 Å². The van der Waals surface area contributed by atoms with Gasteiger partial charge < -0.3 is 11.1 Å². The fourth-order valence-corrected chi connectivity index (χ4v) is 1.36. The summed E-state index contributed by atoms with van der Waals surface area (Å²) in [7, 11) is 0. The SMILES string of the molecule is NCCCCNc1ncc([N+](=O)[O-])cc1Cl. The van der Waals surface area contributed by atoms with Crippen molar-refractivity contribution >= 4 is 23.1 Å². The molecule has 88 valence electrons. The van der Waals surface area contributed by atoms with Crippen LogP contribution in [0.5, 0.6) is 0 Å². The maximum Gasteiger partial charge on any atom is 0.289 e. The van der Waals surface area contributed by atoms with Gasteiger partial charge in [0.2, 0.25) is 0 Å². The van der Waals surface area contributed by atoms with Gasteiger partial charge in [-0.2, -0.15) is 0 Å². The second kappa shape index (κ2) is 6.24. The molecule has 0 bridgehead atoms. The number of unbranched alkanes of at least 4 members (excludes halogenated alkanes) is 1. The van der Waals surface area contributed by atoms with E-state index in [1.165, 1.54) is 12.3 Å². The second-order valence-electron chi connectivity index (χ2n) is 3.20. The molecule has 1 aromatic rings. The number of nitro groups is 1. The van der Waals surface area contributed by atoms with Crippen molar-refractivity contribution in [3.05, 3.63) is 27.4 Å². The van der Waals surface area contributed by atoms with Crippen molar-refractivity contribution in [2.24, 2.45) is 5.73 Å². The van der Waals surface area contributed by atoms with E-state index < -0.39 is 4.92 Å². The Balaban J connectivity index is 2.57. The van der Waals surface area contributed by atoms with Gasteiger partial charge in [-0.05, 0) is 19.4 Å². The van der Waals surface area contributed by atoms with Crippen LogP contribution < -0.4 is 11.1 Å². The molecule has 0 aliphatic heterocycles. The lowest BCUT2D eigenvalue weighted by molar-refractivity contribution is -0.385. The first-order valence-corrected chi connectivity index (χ1v) is 5.27. The lowest BCUT2D eigenvalue weighted by Gasteiger charge is -2.06. The third-order valence-electron chi connectivity index (χ3n) is 1.96. The van der Waals surface area contributed by atoms with E-state index in [0.29, 0.717) is 18.9 Å². The predicted molar refractivity (Wildman–Crippen MR) is 62.7 cm³/mol. The fourth-order valence-electron chi connectivity index (χ4n) is 1.13. The normalized spacial score (nSPS) is 10.1. The van der Waals surface area contributed by atoms with Gasteiger partial charge in [-0.1, -0.05) is 11.6 Å². The van der Waals surface area contributed by atoms with Crippen molar-refractivity contribution in [2.75, 3.05) is 18.4 Å². The highest BCUT2D eigenvalue weighted by Crippen LogP contribution is 2.23. The molecule has 6 nitrogen and oxygen atoms in total. The summed E-state index contributed by atoms with van der Waals surface area (Å²) in [6.45, 7) is 1.34. The first kappa shape index (κ1) is 12.7. The molecule has 16 heavy (non-hydrogen) atoms. The first-order valence-electron chi connectivity index (χ1n) is 4.89. The minimum Gasteiger partial charge on any atom is -0.369 e. The van der Waals surface area contributed by atoms with Crippen LogP contribution in [0, 0.1) is 10.1 Å². The molecule has 0 spiro atoms. The molecule has 7 heteroatoms. The Labute approximate surface area is 98.0 Å². The van der Waals surface area contributed by atoms with Crippen LogP contribution in [0.3, 0.4) is 0 Å². The first-order chi connectivity index (χ1) is 7.65. The average Bonchev–Trinajstić information content (AvgIpc) is 2.26. The number of anilines is 1. The molecule has 0 radical (unpaired) electrons. The molecule has 0 aliphatic carbocycles. The van der Waals surface area contributed by atoms with E-state index >= 15 is 0 Å². The largest absolute Gasteiger partial charge is 0.369 e. The van der Waals surface area contributed by atoms with Gasteiger partial charge in [0.25, 0.3) is 5.69 Å². The van der Waals surface area contributed by atoms with Crippen molar-refractivity contribution in [1.82, 2.24) is 4.98 Å². The number of nitrogens with zero attached hydrogens (tertiary/aromatic N) is 2. The van der Waals surface area contributed by atoms with Crippen LogP contribution in [-0.2, 0) is 0 Å². The zero-order valence-electron chi connectivity index (χ0n) is 8.65. The highest BCUT2D eigenvalue weighted by molar-refractivity contribution is 6.33. The zero-order chi connectivity index (χ0) is 12.0. The molecule has 1 aromatic heterocycles. The van der Waals surface area contributed by atoms with E-state index in [1.54, 1.807) is 0 Å². The van der Waals surface area contributed by atoms with Gasteiger partial charge in [0.1, 0.15) is 12.0 Å². The van der Waals surface area contributed by atoms with Crippen LogP contribution in [0.1, 0.15) is 12.8 Å². The molecular formula is C9H13ClN4O2. The van der Waals surface area contributed by atoms with Crippen molar-refractivity contribution in [2.45, 2.75) is 12.8 Å². The van der Waals surface area contributed by atoms with Crippen LogP contribution in [0.4, 0.5) is 11.5 Å². The van der Waals surface area contributed by atoms with E-state index in [9.17, 15) is 10.1 Å². The molecule has 0 aromatic carbocycles. The molecular weight excluding hydrogens is 232 g/mol. The molecule has 0 amide bonds. The van der Waals surface area contributed by atoms with Crippen molar-refractivity contribution in [1.29, 1.82) is 0 Å². The van der Waals surface area contributed by atoms with Gasteiger partial charge in [-0.25, -0.2) is 4.98 Å². The smallest absolute Gasteiger partial charge is 0.289 e. The quantitative estimate of drug-likeness (QED) is 0.452. The molecule has 0 fully saturated rings. The van der Waals surface area contributed by atoms with Crippen LogP contribution in [0.15, 0.2) is 12.3 Å². The summed E-state index contributed by atoms with van der Waals surface area (Å²) in [6.07, 6.45) is 3.00. The van der Waals surface area contributed by atoms with E-state index in [0.717, 1.165) is 12.8 Å². The summed E-state index contributed by atoms with van der Waals surface area (Å²) >= 11 is 5.83. The van der Waals surface area contributed by atoms with Gasteiger partial charge in [-0.3, -0.25) is 10.1 Å². The van der Waals surface area contributed by atoms with Gasteiger partial charge in [0.05, 0.1) is 9.95 Å². The lowest BCUT2D eigenvalue weighted by Crippen LogP contribution is -2.07. The standard InChI is InChI=1S/C9H13ClN4O2/c10-8-5-7(14(15)16)6-13-9(8)12-4-2-1-3-11/h5-6H,1-4,11H2,(H,12,13). The molecule has 0 unspecified atom stereocenters. The Kier molecular flexibility index (Phi) is 4.94. The second-order valence-corrected chi connectivity index (χ2v) is 3.61. The number of halogens is 1. The Morgan fingerprint density at radius 1 is 1.56 bits per heavy atom. The van der Waals surface area contributed by atoms with E-state index in [2.05, 4.69) is 10.3 Å². The highest BCUT2D eigenvalue weighted by Gasteiger charge is 2.10. The third-order valence-corrected chi connectivity index (χ3v) is 2.25. The van der Waals surface area contributed by atoms with Gasteiger partial charge >= 0.3 is 0 Å². The number of hydrogen-bond acceptors (Lipinski definition) is 5. The number of nitrogens with two attached hydrogens (primary N) is 1. The van der Waals surface area contributed by atoms with Gasteiger partial charge in [-0.15, -0.1) is 0 Å². The molecule has 1 heterocycles. The summed E-state index contributed by atoms with van der Waals surface area (Å²) in [5.74, 6) is 0.462. The molecule has 3 N–H and O–H groups in total. The third kappa shape index (κ3) is 3.63. The van der Waals surface area contributed by atoms with Crippen molar-refractivity contribution < 1.29 is 4.92 Å². The summed E-state index contributed by atoms with van der Waals surface area (Å²) in [4.78, 5) is 13.8. The highest BCUT2D eigenvalue weighted by atomic mass is 35.5. The summed E-state index contributed by atoms with van der Waals surface area (Å²) in [5.41, 5.74) is 5.23. The van der Waals surface area contributed by atoms with E-state index in [-0.39, 0.29) is 10.7 Å². The van der Waals surface area contributed by atoms with Gasteiger partial charge in [0.15, 0.2) is 0 Å². The zero-order valence-corrected chi connectivity index (χ0v) is 9.41. The number of hydrogen-bond donors (Lipinski definition) is 2. The molecule has 0 atom stereocenters. The van der Waals surface area contributed by atoms with Gasteiger partial charge in [0, 0.05) is 12.6 Å². The number of pyridine rings is 1. The number of aromatic nitrogens is 1. The fraction of sp³-hybridized carbons (Fsp3) is 0.444. The predicted octanol–water partition coefficient (Wildman–Crippen LogP) is 1.79. The minimum absolute atomic E-state index is 0.113. The van der Waals surface area contributed by atoms with E-state index in [4.69, 9.17) is 17.3 Å². The summed E-state index contributed by atoms with van der Waals surface area (Å²) in [6, 6.07) is 1.28. The van der Waals surface area contributed by atoms with Crippen LogP contribution >= 0.6 is 11.6 Å². The number of nitrogens with one attached hydrogen (secondary N) is 1. The Morgan fingerprint density at radius 2 is 2.31 bits per heavy atom. The Morgan fingerprint density at radius 3 is 2.88 bits per heavy atom. The Bertz CT molecular complexity index is 373. The lowest BCUT2D eigenvalue weighted by atomic mass is 10.3. The maximum absolute atomic E-state index is 10.4. The Hall–Kier alpha value is -1.40. The molecule has 0 saturated carbocycles. The number of rotatable bonds is 6. The van der Waals surface area contributed by atoms with Crippen molar-refractivity contribution in [3.63, 3.8) is 0 Å². The van der Waals surface area contributed by atoms with Crippen LogP contribution in [0.25, 0.3) is 0 Å². The minimum atomic E-state index is -0.531. The summed E-state index contributed by atoms with van der Waals surface area (Å²) in [5, 5.41) is 13.7. The molecule has 1 rings (SSSR count). The monoisotopic (exact) mass is 244 g/mol. The van der Waals surface area contributed by atoms with Crippen molar-refractivity contribution in [3.8, 4) is 0 Å². The van der Waals surface area contributed by atoms with Crippen LogP contribution in [0.2, 0.25) is 5.02 Å². The molecule has 0 saturated heterocycles. The van der Waals surface area contributed by atoms with E-state index in [1.807, 2.05) is 0 Å². The molecule has 0 aliphatic rings. The maximum atomic E-state index is 10.4.